The normalized spacial score (nSPS) is 9.79. The van der Waals surface area contributed by atoms with Crippen molar-refractivity contribution in [3.05, 3.63) is 333 Å². The SMILES string of the molecule is C.C.C.C.C.C.C.C.C.C.CC(=O)C(C)C.CC(C)C(C)(C)C.CC(C)C(C)(C)O.CC(C)c1ccc(F)cc1F.CC(C)c1ccccn1.CC(C)c1cccnc1.CC(C)c1ccco1.CC(C)c1cccs1.CC(C)c1ccncc1.CC(C)c1cnccn1.CC(C)c1ncccc1Cl.CC(C)c1ncccn1.COc1ccccc1C(C)C.Cc1ccc(C(C)C)o1.Cc1cccc(C(C)C)n1. The molecule has 12 aromatic rings. The van der Waals surface area contributed by atoms with E-state index in [-0.39, 0.29) is 91.9 Å². The van der Waals surface area contributed by atoms with Gasteiger partial charge in [-0.2, -0.15) is 0 Å². The molecular weight excluding hydrogens is 1800 g/mol. The Hall–Kier alpha value is -9.81. The van der Waals surface area contributed by atoms with Crippen LogP contribution >= 0.6 is 22.9 Å². The predicted molar refractivity (Wildman–Crippen MR) is 628 cm³/mol. The minimum Gasteiger partial charge on any atom is -0.496 e. The number of carbonyl (C=O) groups is 1. The maximum absolute atomic E-state index is 12.9. The van der Waals surface area contributed by atoms with Crippen LogP contribution in [0.3, 0.4) is 0 Å². The minimum atomic E-state index is -0.521. The van der Waals surface area contributed by atoms with Crippen molar-refractivity contribution in [1.82, 2.24) is 44.9 Å². The summed E-state index contributed by atoms with van der Waals surface area (Å²) in [5.74, 6) is 11.7. The van der Waals surface area contributed by atoms with E-state index in [4.69, 9.17) is 30.3 Å². The molecule has 0 saturated carbocycles. The number of pyridine rings is 5. The number of Topliss-reactive ketones (excluding diaryl/α,β-unsaturated/α-hetero) is 1. The lowest BCUT2D eigenvalue weighted by Gasteiger charge is -2.22. The van der Waals surface area contributed by atoms with Gasteiger partial charge in [0.2, 0.25) is 0 Å². The topological polar surface area (TPSA) is 189 Å². The molecule has 810 valence electrons. The van der Waals surface area contributed by atoms with E-state index in [1.54, 1.807) is 63.7 Å². The summed E-state index contributed by atoms with van der Waals surface area (Å²) in [6.07, 6.45) is 21.4. The molecule has 10 aromatic heterocycles. The van der Waals surface area contributed by atoms with E-state index in [1.807, 2.05) is 208 Å². The van der Waals surface area contributed by atoms with Crippen LogP contribution in [0, 0.1) is 48.7 Å². The molecule has 0 radical (unpaired) electrons. The second-order valence-corrected chi connectivity index (χ2v) is 39.4. The van der Waals surface area contributed by atoms with Gasteiger partial charge < -0.3 is 18.7 Å². The number of thiophene rings is 1. The van der Waals surface area contributed by atoms with Gasteiger partial charge in [0.15, 0.2) is 0 Å². The molecular formula is C124H212ClF2N9O5S. The van der Waals surface area contributed by atoms with Crippen molar-refractivity contribution in [1.29, 1.82) is 0 Å². The van der Waals surface area contributed by atoms with Gasteiger partial charge in [-0.25, -0.2) is 18.7 Å². The van der Waals surface area contributed by atoms with Gasteiger partial charge in [0, 0.05) is 120 Å². The van der Waals surface area contributed by atoms with Crippen molar-refractivity contribution in [2.45, 2.75) is 414 Å². The van der Waals surface area contributed by atoms with Crippen LogP contribution < -0.4 is 4.74 Å². The molecule has 0 fully saturated rings. The highest BCUT2D eigenvalue weighted by molar-refractivity contribution is 7.10. The number of carbonyl (C=O) groups excluding carboxylic acids is 1. The van der Waals surface area contributed by atoms with Gasteiger partial charge in [-0.1, -0.05) is 363 Å². The smallest absolute Gasteiger partial charge is 0.132 e. The average Bonchev–Trinajstić information content (AvgIpc) is 1.19. The summed E-state index contributed by atoms with van der Waals surface area (Å²) in [4.78, 5) is 48.4. The Labute approximate surface area is 883 Å². The summed E-state index contributed by atoms with van der Waals surface area (Å²) in [6.45, 7) is 79.0. The number of furan rings is 2. The Morgan fingerprint density at radius 3 is 1.15 bits per heavy atom. The Morgan fingerprint density at radius 1 is 0.401 bits per heavy atom. The largest absolute Gasteiger partial charge is 0.496 e. The first kappa shape index (κ1) is 160. The number of aliphatic hydroxyl groups is 1. The number of hydrogen-bond acceptors (Lipinski definition) is 15. The van der Waals surface area contributed by atoms with Crippen LogP contribution in [0.5, 0.6) is 5.75 Å². The number of para-hydroxylation sites is 1. The number of benzene rings is 2. The maximum Gasteiger partial charge on any atom is 0.132 e. The number of aryl methyl sites for hydroxylation is 2. The van der Waals surface area contributed by atoms with Gasteiger partial charge in [0.05, 0.1) is 35.4 Å². The van der Waals surface area contributed by atoms with Gasteiger partial charge in [0.25, 0.3) is 0 Å². The van der Waals surface area contributed by atoms with E-state index in [2.05, 4.69) is 274 Å². The summed E-state index contributed by atoms with van der Waals surface area (Å²) in [5, 5.41) is 12.0. The minimum absolute atomic E-state index is 0. The molecule has 0 aliphatic carbocycles. The molecule has 1 N–H and O–H groups in total. The lowest BCUT2D eigenvalue weighted by atomic mass is 9.84. The fraction of sp³-hybridized carbons (Fsp3) is 0.532. The van der Waals surface area contributed by atoms with Crippen molar-refractivity contribution in [2.24, 2.45) is 23.2 Å². The predicted octanol–water partition coefficient (Wildman–Crippen LogP) is 40.8. The van der Waals surface area contributed by atoms with Crippen LogP contribution in [0.1, 0.15) is 473 Å². The number of ketones is 1. The summed E-state index contributed by atoms with van der Waals surface area (Å²) in [6, 6.07) is 49.8. The summed E-state index contributed by atoms with van der Waals surface area (Å²) in [7, 11) is 1.71. The summed E-state index contributed by atoms with van der Waals surface area (Å²) < 4.78 is 40.9. The number of halogens is 3. The molecule has 0 spiro atoms. The van der Waals surface area contributed by atoms with E-state index in [1.165, 1.54) is 39.4 Å². The summed E-state index contributed by atoms with van der Waals surface area (Å²) in [5.41, 5.74) is 9.97. The van der Waals surface area contributed by atoms with E-state index in [9.17, 15) is 13.6 Å². The molecule has 0 aliphatic heterocycles. The third-order valence-electron chi connectivity index (χ3n) is 20.0. The fourth-order valence-corrected chi connectivity index (χ4v) is 10.3. The Morgan fingerprint density at radius 2 is 0.880 bits per heavy atom. The molecule has 18 heteroatoms. The molecule has 0 amide bonds. The van der Waals surface area contributed by atoms with Crippen LogP contribution in [0.2, 0.25) is 5.02 Å². The second-order valence-electron chi connectivity index (χ2n) is 38.0. The van der Waals surface area contributed by atoms with Crippen LogP contribution in [-0.2, 0) is 4.79 Å². The molecule has 2 aromatic carbocycles. The number of methoxy groups -OCH3 is 1. The first-order valence-electron chi connectivity index (χ1n) is 46.9. The van der Waals surface area contributed by atoms with E-state index >= 15 is 0 Å². The van der Waals surface area contributed by atoms with Gasteiger partial charge in [-0.15, -0.1) is 11.3 Å². The van der Waals surface area contributed by atoms with E-state index in [0.29, 0.717) is 82.0 Å². The van der Waals surface area contributed by atoms with Crippen molar-refractivity contribution in [3.63, 3.8) is 0 Å². The van der Waals surface area contributed by atoms with Crippen LogP contribution in [-0.4, -0.2) is 68.5 Å². The molecule has 0 saturated heterocycles. The van der Waals surface area contributed by atoms with Crippen LogP contribution in [0.4, 0.5) is 8.78 Å². The van der Waals surface area contributed by atoms with Crippen LogP contribution in [0.25, 0.3) is 0 Å². The van der Waals surface area contributed by atoms with Gasteiger partial charge in [-0.3, -0.25) is 39.7 Å². The van der Waals surface area contributed by atoms with Crippen molar-refractivity contribution in [2.75, 3.05) is 7.11 Å². The highest BCUT2D eigenvalue weighted by atomic mass is 35.5. The van der Waals surface area contributed by atoms with Crippen LogP contribution in [0.15, 0.2) is 246 Å². The second kappa shape index (κ2) is 91.1. The van der Waals surface area contributed by atoms with Crippen molar-refractivity contribution < 1.29 is 32.3 Å². The Bertz CT molecular complexity index is 4390. The highest BCUT2D eigenvalue weighted by Crippen LogP contribution is 2.28. The lowest BCUT2D eigenvalue weighted by molar-refractivity contribution is -0.119. The van der Waals surface area contributed by atoms with Gasteiger partial charge >= 0.3 is 0 Å². The molecule has 0 atom stereocenters. The third kappa shape index (κ3) is 80.6. The third-order valence-corrected chi connectivity index (χ3v) is 21.5. The number of hydrogen-bond donors (Lipinski definition) is 1. The molecule has 12 rings (SSSR count). The quantitative estimate of drug-likeness (QED) is 0.102. The number of nitrogens with zero attached hydrogens (tertiary/aromatic N) is 9. The van der Waals surface area contributed by atoms with Gasteiger partial charge in [-0.05, 0) is 236 Å². The van der Waals surface area contributed by atoms with E-state index in [0.717, 1.165) is 68.6 Å². The number of ether oxygens (including phenoxy) is 1. The maximum atomic E-state index is 12.9. The molecule has 0 unspecified atom stereocenters. The van der Waals surface area contributed by atoms with E-state index < -0.39 is 17.2 Å². The molecule has 0 aliphatic rings. The van der Waals surface area contributed by atoms with Crippen molar-refractivity contribution >= 4 is 28.7 Å². The zero-order valence-electron chi connectivity index (χ0n) is 88.3. The Kier molecular flexibility index (Phi) is 103. The summed E-state index contributed by atoms with van der Waals surface area (Å²) >= 11 is 7.69. The zero-order chi connectivity index (χ0) is 101. The molecule has 142 heavy (non-hydrogen) atoms. The zero-order valence-corrected chi connectivity index (χ0v) is 89.9. The lowest BCUT2D eigenvalue weighted by Crippen LogP contribution is -2.25. The van der Waals surface area contributed by atoms with Gasteiger partial charge in [0.1, 0.15) is 46.3 Å². The average molecular weight is 2010 g/mol. The molecule has 0 bridgehead atoms. The monoisotopic (exact) mass is 2010 g/mol. The molecule has 14 nitrogen and oxygen atoms in total. The number of rotatable bonds is 15. The first-order chi connectivity index (χ1) is 61.6. The Balaban J connectivity index is -0.000000114. The van der Waals surface area contributed by atoms with Crippen molar-refractivity contribution in [3.8, 4) is 5.75 Å². The highest BCUT2D eigenvalue weighted by Gasteiger charge is 2.17. The molecule has 10 heterocycles. The fourth-order valence-electron chi connectivity index (χ4n) is 9.23. The standard InChI is InChI=1S/C10H14O.C9H10F2.C9H13N.C8H10ClN.3C8H11N.C8H12O.2C7H10N2.C7H10O.C7H10S.C7H16.C6H14O.C5H10O.10CH4/c1-8(2)9-6-4-5-7-10(9)11-3;1-6(2)8-4-3-7(10)5-9(8)11;1-7(2)9-6-4-5-8(3)10-9;1-6(2)8-7(9)4-3-5-10-8;1-7(2)8-3-5-9-6-4-8;1-7(2)8-4-3-5-9-6-8;1-7(2)8-5-3-4-6-9-8;1-6(2)8-5-4-7(3)9-8;1-6(2)7-5-8-3-4-9-7;1-6(2)7-8-4-3-5-9-7;2*1-6(2)7-4-3-5-8-7;1-6(2)7(3,4)5;1-5(2)6(3,4)7;1-4(2)5(3)6;;;;;;;;;;/h4-8H,1-3H3;3-6H,1-2H3;4-7H,1-3H3;3-6H,1-2H3;3*3-7H,1-2H3;4-6H,1-3H3;2*3-6H,1-2H3;2*3-6H,1-2H3;6H,1-5H3;5,7H,1-4H3;4H,1-3H3;10*1H4. The number of aromatic nitrogens is 9. The first-order valence-corrected chi connectivity index (χ1v) is 48.1.